The van der Waals surface area contributed by atoms with E-state index >= 15 is 0 Å². The lowest BCUT2D eigenvalue weighted by Gasteiger charge is -2.22. The van der Waals surface area contributed by atoms with Crippen molar-refractivity contribution in [1.29, 1.82) is 0 Å². The first kappa shape index (κ1) is 20.2. The first-order chi connectivity index (χ1) is 14.5. The Balaban J connectivity index is 1.51. The van der Waals surface area contributed by atoms with Crippen LogP contribution in [0.4, 0.5) is 5.82 Å². The van der Waals surface area contributed by atoms with Crippen molar-refractivity contribution in [2.24, 2.45) is 5.73 Å². The minimum absolute atomic E-state index is 0.180. The van der Waals surface area contributed by atoms with Gasteiger partial charge in [0.1, 0.15) is 30.1 Å². The summed E-state index contributed by atoms with van der Waals surface area (Å²) < 4.78 is 12.6. The number of nitrogen functional groups attached to an aromatic ring is 1. The van der Waals surface area contributed by atoms with E-state index in [1.165, 1.54) is 17.2 Å². The summed E-state index contributed by atoms with van der Waals surface area (Å²) in [5, 5.41) is 20.5. The van der Waals surface area contributed by atoms with Crippen LogP contribution in [0.25, 0.3) is 11.2 Å². The van der Waals surface area contributed by atoms with Gasteiger partial charge in [-0.1, -0.05) is 30.3 Å². The molecule has 5 atom stereocenters. The van der Waals surface area contributed by atoms with E-state index in [9.17, 15) is 15.0 Å². The number of carbonyl (C=O) groups excluding carboxylic acids is 1. The van der Waals surface area contributed by atoms with Gasteiger partial charge in [-0.05, 0) is 12.0 Å². The molecule has 1 aliphatic heterocycles. The lowest BCUT2D eigenvalue weighted by molar-refractivity contribution is -0.158. The van der Waals surface area contributed by atoms with E-state index < -0.39 is 43.2 Å². The number of benzene rings is 1. The number of ether oxygens (including phenoxy) is 2. The highest BCUT2D eigenvalue weighted by Crippen LogP contribution is 2.33. The standard InChI is InChI=1S/C19H22N6O5/c20-11(6-10-4-2-1-3-5-10)19(28)30-15-12(7-26)29-18(14(15)27)25-9-24-13-16(21)22-8-23-17(13)25/h1-5,8-9,11-12,14-15,18,26-27H,6-7,20H2,(H2,21,22,23). The van der Waals surface area contributed by atoms with Gasteiger partial charge in [-0.2, -0.15) is 0 Å². The van der Waals surface area contributed by atoms with Gasteiger partial charge in [0.25, 0.3) is 0 Å². The summed E-state index contributed by atoms with van der Waals surface area (Å²) in [6.07, 6.45) is -1.42. The fourth-order valence-electron chi connectivity index (χ4n) is 3.47. The molecular formula is C19H22N6O5. The molecule has 1 aliphatic rings. The summed E-state index contributed by atoms with van der Waals surface area (Å²) in [6.45, 7) is -0.469. The Morgan fingerprint density at radius 1 is 1.27 bits per heavy atom. The van der Waals surface area contributed by atoms with Crippen LogP contribution in [0.5, 0.6) is 0 Å². The molecule has 3 heterocycles. The smallest absolute Gasteiger partial charge is 0.323 e. The van der Waals surface area contributed by atoms with Crippen LogP contribution in [0.15, 0.2) is 43.0 Å². The first-order valence-corrected chi connectivity index (χ1v) is 9.37. The van der Waals surface area contributed by atoms with E-state index in [1.54, 1.807) is 0 Å². The Labute approximate surface area is 171 Å². The van der Waals surface area contributed by atoms with Gasteiger partial charge in [0.05, 0.1) is 12.9 Å². The number of nitrogens with two attached hydrogens (primary N) is 2. The van der Waals surface area contributed by atoms with Crippen LogP contribution >= 0.6 is 0 Å². The summed E-state index contributed by atoms with van der Waals surface area (Å²) in [7, 11) is 0. The number of anilines is 1. The fraction of sp³-hybridized carbons (Fsp3) is 0.368. The molecule has 0 bridgehead atoms. The highest BCUT2D eigenvalue weighted by molar-refractivity contribution is 5.81. The second-order valence-corrected chi connectivity index (χ2v) is 7.02. The van der Waals surface area contributed by atoms with Crippen LogP contribution in [0.3, 0.4) is 0 Å². The van der Waals surface area contributed by atoms with E-state index in [4.69, 9.17) is 20.9 Å². The SMILES string of the molecule is Nc1ncnc2c1ncn2C1OC(CO)C(OC(=O)C(N)Cc2ccccc2)C1O. The number of carbonyl (C=O) groups is 1. The molecular weight excluding hydrogens is 392 g/mol. The van der Waals surface area contributed by atoms with Gasteiger partial charge in [-0.3, -0.25) is 9.36 Å². The number of esters is 1. The van der Waals surface area contributed by atoms with Gasteiger partial charge in [0.2, 0.25) is 0 Å². The van der Waals surface area contributed by atoms with Crippen molar-refractivity contribution in [1.82, 2.24) is 19.5 Å². The van der Waals surface area contributed by atoms with Gasteiger partial charge >= 0.3 is 5.97 Å². The number of hydrogen-bond donors (Lipinski definition) is 4. The minimum atomic E-state index is -1.29. The van der Waals surface area contributed by atoms with Gasteiger partial charge in [-0.15, -0.1) is 0 Å². The predicted octanol–water partition coefficient (Wildman–Crippen LogP) is -0.859. The van der Waals surface area contributed by atoms with E-state index in [2.05, 4.69) is 15.0 Å². The molecule has 0 amide bonds. The third-order valence-electron chi connectivity index (χ3n) is 5.00. The number of fused-ring (bicyclic) bond motifs is 1. The zero-order valence-corrected chi connectivity index (χ0v) is 15.9. The lowest BCUT2D eigenvalue weighted by atomic mass is 10.1. The molecule has 0 spiro atoms. The van der Waals surface area contributed by atoms with E-state index in [1.807, 2.05) is 30.3 Å². The summed E-state index contributed by atoms with van der Waals surface area (Å²) in [5.41, 5.74) is 13.3. The van der Waals surface area contributed by atoms with Crippen molar-refractivity contribution >= 4 is 23.0 Å². The molecule has 1 fully saturated rings. The van der Waals surface area contributed by atoms with Crippen LogP contribution < -0.4 is 11.5 Å². The second kappa shape index (κ2) is 8.32. The van der Waals surface area contributed by atoms with Crippen molar-refractivity contribution in [2.75, 3.05) is 12.3 Å². The molecule has 158 valence electrons. The molecule has 11 nitrogen and oxygen atoms in total. The molecule has 30 heavy (non-hydrogen) atoms. The molecule has 4 rings (SSSR count). The van der Waals surface area contributed by atoms with Crippen molar-refractivity contribution in [3.8, 4) is 0 Å². The molecule has 3 aromatic rings. The normalized spacial score (nSPS) is 24.8. The monoisotopic (exact) mass is 414 g/mol. The number of aliphatic hydroxyl groups excluding tert-OH is 2. The molecule has 1 saturated heterocycles. The van der Waals surface area contributed by atoms with Crippen molar-refractivity contribution < 1.29 is 24.5 Å². The topological polar surface area (TPSA) is 172 Å². The van der Waals surface area contributed by atoms with E-state index in [0.29, 0.717) is 11.2 Å². The van der Waals surface area contributed by atoms with Crippen LogP contribution in [0.2, 0.25) is 0 Å². The number of rotatable bonds is 6. The van der Waals surface area contributed by atoms with Crippen LogP contribution in [-0.4, -0.2) is 66.7 Å². The predicted molar refractivity (Wildman–Crippen MR) is 105 cm³/mol. The third kappa shape index (κ3) is 3.71. The Hall–Kier alpha value is -3.12. The summed E-state index contributed by atoms with van der Waals surface area (Å²) in [5.74, 6) is -0.521. The maximum absolute atomic E-state index is 12.5. The van der Waals surface area contributed by atoms with Crippen molar-refractivity contribution in [3.05, 3.63) is 48.5 Å². The average Bonchev–Trinajstić information content (AvgIpc) is 3.31. The van der Waals surface area contributed by atoms with Gasteiger partial charge in [0, 0.05) is 0 Å². The van der Waals surface area contributed by atoms with E-state index in [0.717, 1.165) is 5.56 Å². The Morgan fingerprint density at radius 2 is 2.03 bits per heavy atom. The number of hydrogen-bond acceptors (Lipinski definition) is 10. The molecule has 0 radical (unpaired) electrons. The second-order valence-electron chi connectivity index (χ2n) is 7.02. The van der Waals surface area contributed by atoms with Crippen LogP contribution in [0.1, 0.15) is 11.8 Å². The molecule has 0 aliphatic carbocycles. The maximum atomic E-state index is 12.5. The number of imidazole rings is 1. The highest BCUT2D eigenvalue weighted by Gasteiger charge is 2.47. The Morgan fingerprint density at radius 3 is 2.77 bits per heavy atom. The summed E-state index contributed by atoms with van der Waals surface area (Å²) in [6, 6.07) is 8.33. The Bertz CT molecular complexity index is 1030. The largest absolute Gasteiger partial charge is 0.455 e. The molecule has 11 heteroatoms. The highest BCUT2D eigenvalue weighted by atomic mass is 16.6. The van der Waals surface area contributed by atoms with Crippen molar-refractivity contribution in [2.45, 2.75) is 37.0 Å². The van der Waals surface area contributed by atoms with Gasteiger partial charge in [0.15, 0.2) is 23.8 Å². The molecule has 5 unspecified atom stereocenters. The molecule has 6 N–H and O–H groups in total. The third-order valence-corrected chi connectivity index (χ3v) is 5.00. The van der Waals surface area contributed by atoms with Gasteiger partial charge < -0.3 is 31.2 Å². The molecule has 2 aromatic heterocycles. The van der Waals surface area contributed by atoms with E-state index in [-0.39, 0.29) is 12.2 Å². The number of aromatic nitrogens is 4. The lowest BCUT2D eigenvalue weighted by Crippen LogP contribution is -2.43. The quantitative estimate of drug-likeness (QED) is 0.372. The summed E-state index contributed by atoms with van der Waals surface area (Å²) >= 11 is 0. The first-order valence-electron chi connectivity index (χ1n) is 9.37. The van der Waals surface area contributed by atoms with Crippen LogP contribution in [0, 0.1) is 0 Å². The number of nitrogens with zero attached hydrogens (tertiary/aromatic N) is 4. The zero-order chi connectivity index (χ0) is 21.3. The maximum Gasteiger partial charge on any atom is 0.323 e. The molecule has 0 saturated carbocycles. The van der Waals surface area contributed by atoms with Gasteiger partial charge in [-0.25, -0.2) is 15.0 Å². The molecule has 1 aromatic carbocycles. The fourth-order valence-corrected chi connectivity index (χ4v) is 3.47. The van der Waals surface area contributed by atoms with Crippen molar-refractivity contribution in [3.63, 3.8) is 0 Å². The summed E-state index contributed by atoms with van der Waals surface area (Å²) in [4.78, 5) is 24.6. The zero-order valence-electron chi connectivity index (χ0n) is 15.9. The van der Waals surface area contributed by atoms with Crippen LogP contribution in [-0.2, 0) is 20.7 Å². The average molecular weight is 414 g/mol. The minimum Gasteiger partial charge on any atom is -0.455 e. The number of aliphatic hydroxyl groups is 2. The Kier molecular flexibility index (Phi) is 5.59.